The second-order valence-electron chi connectivity index (χ2n) is 3.39. The van der Waals surface area contributed by atoms with E-state index in [4.69, 9.17) is 11.6 Å². The zero-order valence-corrected chi connectivity index (χ0v) is 11.8. The predicted octanol–water partition coefficient (Wildman–Crippen LogP) is 4.48. The van der Waals surface area contributed by atoms with Gasteiger partial charge in [-0.25, -0.2) is 4.98 Å². The Morgan fingerprint density at radius 1 is 1.50 bits per heavy atom. The van der Waals surface area contributed by atoms with E-state index in [2.05, 4.69) is 45.3 Å². The molecule has 1 heterocycles. The maximum Gasteiger partial charge on any atom is 0.183 e. The molecule has 1 aromatic carbocycles. The molecule has 2 rings (SSSR count). The Labute approximate surface area is 112 Å². The fourth-order valence-electron chi connectivity index (χ4n) is 1.37. The third kappa shape index (κ3) is 2.97. The minimum atomic E-state index is 0.587. The lowest BCUT2D eigenvalue weighted by Crippen LogP contribution is -1.99. The Morgan fingerprint density at radius 2 is 2.31 bits per heavy atom. The number of hydrogen-bond donors (Lipinski definition) is 1. The number of aromatic nitrogens is 1. The minimum absolute atomic E-state index is 0.587. The van der Waals surface area contributed by atoms with E-state index in [0.717, 1.165) is 21.6 Å². The van der Waals surface area contributed by atoms with Gasteiger partial charge in [-0.3, -0.25) is 0 Å². The van der Waals surface area contributed by atoms with Gasteiger partial charge in [0.05, 0.1) is 6.54 Å². The number of anilines is 1. The summed E-state index contributed by atoms with van der Waals surface area (Å²) < 4.78 is 1.68. The summed E-state index contributed by atoms with van der Waals surface area (Å²) in [5.74, 6) is 0. The Kier molecular flexibility index (Phi) is 3.84. The molecule has 1 aromatic heterocycles. The smallest absolute Gasteiger partial charge is 0.183 e. The van der Waals surface area contributed by atoms with Gasteiger partial charge in [0.15, 0.2) is 4.47 Å². The van der Waals surface area contributed by atoms with E-state index < -0.39 is 0 Å². The van der Waals surface area contributed by atoms with Crippen molar-refractivity contribution >= 4 is 44.6 Å². The number of thiazole rings is 1. The molecule has 84 valence electrons. The number of rotatable bonds is 3. The zero-order valence-electron chi connectivity index (χ0n) is 8.63. The van der Waals surface area contributed by atoms with Gasteiger partial charge in [-0.2, -0.15) is 0 Å². The van der Waals surface area contributed by atoms with Crippen LogP contribution in [0.2, 0.25) is 4.47 Å². The van der Waals surface area contributed by atoms with Crippen molar-refractivity contribution < 1.29 is 0 Å². The molecule has 0 bridgehead atoms. The molecule has 0 atom stereocenters. The minimum Gasteiger partial charge on any atom is -0.380 e. The predicted molar refractivity (Wildman–Crippen MR) is 73.3 cm³/mol. The van der Waals surface area contributed by atoms with Crippen LogP contribution in [0.25, 0.3) is 0 Å². The van der Waals surface area contributed by atoms with Gasteiger partial charge in [-0.05, 0) is 30.7 Å². The maximum absolute atomic E-state index is 5.77. The molecule has 0 saturated carbocycles. The zero-order chi connectivity index (χ0) is 11.5. The summed E-state index contributed by atoms with van der Waals surface area (Å²) in [5, 5.41) is 3.36. The lowest BCUT2D eigenvalue weighted by molar-refractivity contribution is 1.16. The summed E-state index contributed by atoms with van der Waals surface area (Å²) in [7, 11) is 0. The van der Waals surface area contributed by atoms with Crippen molar-refractivity contribution in [2.75, 3.05) is 5.32 Å². The molecule has 0 saturated heterocycles. The molecule has 0 radical (unpaired) electrons. The fraction of sp³-hybridized carbons (Fsp3) is 0.182. The normalized spacial score (nSPS) is 10.4. The van der Waals surface area contributed by atoms with Crippen molar-refractivity contribution in [2.24, 2.45) is 0 Å². The van der Waals surface area contributed by atoms with Gasteiger partial charge < -0.3 is 5.32 Å². The monoisotopic (exact) mass is 316 g/mol. The van der Waals surface area contributed by atoms with Crippen molar-refractivity contribution in [1.29, 1.82) is 0 Å². The number of nitrogens with zero attached hydrogens (tertiary/aromatic N) is 1. The summed E-state index contributed by atoms with van der Waals surface area (Å²) in [6, 6.07) is 6.17. The van der Waals surface area contributed by atoms with Crippen LogP contribution in [-0.2, 0) is 6.54 Å². The highest BCUT2D eigenvalue weighted by Crippen LogP contribution is 2.22. The molecule has 2 aromatic rings. The number of halogens is 2. The average molecular weight is 318 g/mol. The Balaban J connectivity index is 2.04. The van der Waals surface area contributed by atoms with Crippen LogP contribution in [0, 0.1) is 6.92 Å². The first-order valence-electron chi connectivity index (χ1n) is 4.75. The van der Waals surface area contributed by atoms with E-state index in [1.165, 1.54) is 16.9 Å². The molecule has 0 aliphatic rings. The Bertz CT molecular complexity index is 498. The van der Waals surface area contributed by atoms with Crippen LogP contribution in [0.15, 0.2) is 28.9 Å². The molecular formula is C11H10BrClN2S. The van der Waals surface area contributed by atoms with Crippen LogP contribution >= 0.6 is 38.9 Å². The highest BCUT2D eigenvalue weighted by molar-refractivity contribution is 9.10. The summed E-state index contributed by atoms with van der Waals surface area (Å²) >= 11 is 10.7. The molecule has 0 aliphatic heterocycles. The highest BCUT2D eigenvalue weighted by Gasteiger charge is 2.01. The van der Waals surface area contributed by atoms with E-state index in [1.807, 2.05) is 6.07 Å². The van der Waals surface area contributed by atoms with Crippen LogP contribution in [0.5, 0.6) is 0 Å². The number of benzene rings is 1. The van der Waals surface area contributed by atoms with Gasteiger partial charge in [-0.1, -0.05) is 27.5 Å². The molecule has 5 heteroatoms. The van der Waals surface area contributed by atoms with Gasteiger partial charge >= 0.3 is 0 Å². The van der Waals surface area contributed by atoms with Crippen molar-refractivity contribution in [3.63, 3.8) is 0 Å². The molecule has 0 amide bonds. The van der Waals surface area contributed by atoms with Gasteiger partial charge in [0, 0.05) is 21.2 Å². The van der Waals surface area contributed by atoms with Crippen LogP contribution in [0.1, 0.15) is 10.4 Å². The molecule has 2 nitrogen and oxygen atoms in total. The van der Waals surface area contributed by atoms with Gasteiger partial charge in [0.2, 0.25) is 0 Å². The van der Waals surface area contributed by atoms with E-state index in [9.17, 15) is 0 Å². The Morgan fingerprint density at radius 3 is 2.94 bits per heavy atom. The molecule has 0 fully saturated rings. The lowest BCUT2D eigenvalue weighted by Gasteiger charge is -2.08. The largest absolute Gasteiger partial charge is 0.380 e. The second kappa shape index (κ2) is 5.17. The van der Waals surface area contributed by atoms with Crippen LogP contribution in [0.3, 0.4) is 0 Å². The molecule has 1 N–H and O–H groups in total. The molecule has 0 unspecified atom stereocenters. The maximum atomic E-state index is 5.77. The SMILES string of the molecule is Cc1cc(Br)ccc1NCc1cnc(Cl)s1. The Hall–Kier alpha value is -0.580. The summed E-state index contributed by atoms with van der Waals surface area (Å²) in [6.07, 6.45) is 1.80. The van der Waals surface area contributed by atoms with Crippen molar-refractivity contribution in [2.45, 2.75) is 13.5 Å². The first-order chi connectivity index (χ1) is 7.65. The van der Waals surface area contributed by atoms with Crippen molar-refractivity contribution in [1.82, 2.24) is 4.98 Å². The van der Waals surface area contributed by atoms with E-state index in [-0.39, 0.29) is 0 Å². The van der Waals surface area contributed by atoms with Crippen LogP contribution < -0.4 is 5.32 Å². The number of aryl methyl sites for hydroxylation is 1. The van der Waals surface area contributed by atoms with Gasteiger partial charge in [0.1, 0.15) is 0 Å². The van der Waals surface area contributed by atoms with Crippen molar-refractivity contribution in [3.05, 3.63) is 43.8 Å². The molecular weight excluding hydrogens is 308 g/mol. The molecule has 16 heavy (non-hydrogen) atoms. The second-order valence-corrected chi connectivity index (χ2v) is 6.01. The van der Waals surface area contributed by atoms with Gasteiger partial charge in [-0.15, -0.1) is 11.3 Å². The average Bonchev–Trinajstić information content (AvgIpc) is 2.63. The first-order valence-corrected chi connectivity index (χ1v) is 6.74. The van der Waals surface area contributed by atoms with E-state index in [1.54, 1.807) is 6.20 Å². The summed E-state index contributed by atoms with van der Waals surface area (Å²) in [6.45, 7) is 2.83. The van der Waals surface area contributed by atoms with E-state index in [0.29, 0.717) is 4.47 Å². The summed E-state index contributed by atoms with van der Waals surface area (Å²) in [5.41, 5.74) is 2.35. The van der Waals surface area contributed by atoms with Crippen LogP contribution in [0.4, 0.5) is 5.69 Å². The topological polar surface area (TPSA) is 24.9 Å². The molecule has 0 aliphatic carbocycles. The fourth-order valence-corrected chi connectivity index (χ4v) is 2.77. The number of nitrogens with one attached hydrogen (secondary N) is 1. The lowest BCUT2D eigenvalue weighted by atomic mass is 10.2. The third-order valence-corrected chi connectivity index (χ3v) is 3.77. The standard InChI is InChI=1S/C11H10BrClN2S/c1-7-4-8(12)2-3-10(7)14-5-9-6-15-11(13)16-9/h2-4,6,14H,5H2,1H3. The number of hydrogen-bond acceptors (Lipinski definition) is 3. The molecule has 0 spiro atoms. The van der Waals surface area contributed by atoms with Crippen LogP contribution in [-0.4, -0.2) is 4.98 Å². The summed E-state index contributed by atoms with van der Waals surface area (Å²) in [4.78, 5) is 5.13. The van der Waals surface area contributed by atoms with Gasteiger partial charge in [0.25, 0.3) is 0 Å². The van der Waals surface area contributed by atoms with E-state index >= 15 is 0 Å². The highest BCUT2D eigenvalue weighted by atomic mass is 79.9. The third-order valence-electron chi connectivity index (χ3n) is 2.17. The quantitative estimate of drug-likeness (QED) is 0.903. The van der Waals surface area contributed by atoms with Crippen molar-refractivity contribution in [3.8, 4) is 0 Å². The first kappa shape index (κ1) is 11.9.